The van der Waals surface area contributed by atoms with Crippen molar-refractivity contribution in [1.29, 1.82) is 0 Å². The molecule has 0 saturated carbocycles. The molecule has 1 aliphatic rings. The minimum absolute atomic E-state index is 0.317. The van der Waals surface area contributed by atoms with E-state index < -0.39 is 0 Å². The highest BCUT2D eigenvalue weighted by molar-refractivity contribution is 6.32. The van der Waals surface area contributed by atoms with Crippen LogP contribution in [0.3, 0.4) is 0 Å². The van der Waals surface area contributed by atoms with Crippen LogP contribution in [0.25, 0.3) is 6.08 Å². The molecule has 1 amide bonds. The quantitative estimate of drug-likeness (QED) is 0.805. The van der Waals surface area contributed by atoms with Gasteiger partial charge in [0.2, 0.25) is 5.91 Å². The van der Waals surface area contributed by atoms with E-state index in [1.54, 1.807) is 43.5 Å². The third-order valence-electron chi connectivity index (χ3n) is 3.71. The van der Waals surface area contributed by atoms with E-state index >= 15 is 0 Å². The van der Waals surface area contributed by atoms with Gasteiger partial charge >= 0.3 is 0 Å². The van der Waals surface area contributed by atoms with Gasteiger partial charge < -0.3 is 24.3 Å². The number of rotatable bonds is 5. The summed E-state index contributed by atoms with van der Waals surface area (Å²) in [5, 5.41) is 3.21. The zero-order chi connectivity index (χ0) is 18.5. The molecular formula is C19H18ClNO5. The van der Waals surface area contributed by atoms with Gasteiger partial charge in [0.15, 0.2) is 11.5 Å². The van der Waals surface area contributed by atoms with Crippen LogP contribution in [-0.2, 0) is 4.79 Å². The Kier molecular flexibility index (Phi) is 5.53. The predicted molar refractivity (Wildman–Crippen MR) is 99.7 cm³/mol. The van der Waals surface area contributed by atoms with E-state index in [0.29, 0.717) is 46.9 Å². The molecular weight excluding hydrogens is 358 g/mol. The molecule has 0 unspecified atom stereocenters. The Morgan fingerprint density at radius 3 is 2.73 bits per heavy atom. The minimum Gasteiger partial charge on any atom is -0.497 e. The van der Waals surface area contributed by atoms with Crippen molar-refractivity contribution < 1.29 is 23.7 Å². The zero-order valence-corrected chi connectivity index (χ0v) is 15.1. The van der Waals surface area contributed by atoms with Gasteiger partial charge in [-0.25, -0.2) is 0 Å². The second kappa shape index (κ2) is 8.01. The highest BCUT2D eigenvalue weighted by Crippen LogP contribution is 2.38. The van der Waals surface area contributed by atoms with E-state index in [9.17, 15) is 4.79 Å². The van der Waals surface area contributed by atoms with Crippen LogP contribution < -0.4 is 24.3 Å². The topological polar surface area (TPSA) is 66.0 Å². The number of benzene rings is 2. The summed E-state index contributed by atoms with van der Waals surface area (Å²) in [4.78, 5) is 12.2. The predicted octanol–water partition coefficient (Wildman–Crippen LogP) is 3.78. The Morgan fingerprint density at radius 1 is 1.15 bits per heavy atom. The number of carbonyl (C=O) groups is 1. The molecule has 0 aliphatic carbocycles. The van der Waals surface area contributed by atoms with Crippen molar-refractivity contribution in [2.45, 2.75) is 0 Å². The molecule has 1 aliphatic heterocycles. The Morgan fingerprint density at radius 2 is 1.96 bits per heavy atom. The van der Waals surface area contributed by atoms with Crippen molar-refractivity contribution in [2.75, 3.05) is 32.8 Å². The van der Waals surface area contributed by atoms with E-state index in [2.05, 4.69) is 5.32 Å². The number of fused-ring (bicyclic) bond motifs is 1. The fourth-order valence-corrected chi connectivity index (χ4v) is 2.76. The maximum atomic E-state index is 12.2. The van der Waals surface area contributed by atoms with Gasteiger partial charge in [0, 0.05) is 12.1 Å². The number of carbonyl (C=O) groups excluding carboxylic acids is 1. The first kappa shape index (κ1) is 17.9. The first-order valence-electron chi connectivity index (χ1n) is 7.91. The fraction of sp³-hybridized carbons (Fsp3) is 0.211. The van der Waals surface area contributed by atoms with Crippen LogP contribution in [0, 0.1) is 0 Å². The fourth-order valence-electron chi connectivity index (χ4n) is 2.49. The summed E-state index contributed by atoms with van der Waals surface area (Å²) in [7, 11) is 3.09. The third kappa shape index (κ3) is 4.03. The van der Waals surface area contributed by atoms with Crippen molar-refractivity contribution >= 4 is 29.3 Å². The zero-order valence-electron chi connectivity index (χ0n) is 14.4. The Balaban J connectivity index is 1.75. The molecule has 1 N–H and O–H groups in total. The number of amides is 1. The van der Waals surface area contributed by atoms with E-state index in [0.717, 1.165) is 5.56 Å². The first-order chi connectivity index (χ1) is 12.6. The maximum absolute atomic E-state index is 12.2. The van der Waals surface area contributed by atoms with Gasteiger partial charge in [-0.15, -0.1) is 0 Å². The van der Waals surface area contributed by atoms with Crippen molar-refractivity contribution in [3.05, 3.63) is 47.0 Å². The minimum atomic E-state index is -0.317. The van der Waals surface area contributed by atoms with Crippen LogP contribution >= 0.6 is 11.6 Å². The summed E-state index contributed by atoms with van der Waals surface area (Å²) in [5.41, 5.74) is 1.24. The van der Waals surface area contributed by atoms with Crippen LogP contribution in [0.5, 0.6) is 23.0 Å². The molecule has 0 fully saturated rings. The van der Waals surface area contributed by atoms with Gasteiger partial charge in [-0.05, 0) is 35.9 Å². The van der Waals surface area contributed by atoms with Crippen molar-refractivity contribution in [3.8, 4) is 23.0 Å². The highest BCUT2D eigenvalue weighted by atomic mass is 35.5. The lowest BCUT2D eigenvalue weighted by molar-refractivity contribution is -0.111. The Labute approximate surface area is 156 Å². The molecule has 2 aromatic rings. The molecule has 1 heterocycles. The van der Waals surface area contributed by atoms with Crippen molar-refractivity contribution in [1.82, 2.24) is 0 Å². The molecule has 0 saturated heterocycles. The standard InChI is InChI=1S/C19H18ClNO5/c1-23-13-4-5-16(24-2)15(11-13)21-18(22)6-3-12-9-14(20)19-17(10-12)25-7-8-26-19/h3-6,9-11H,7-8H2,1-2H3,(H,21,22)/b6-3+. The molecule has 6 nitrogen and oxygen atoms in total. The van der Waals surface area contributed by atoms with E-state index in [1.807, 2.05) is 0 Å². The van der Waals surface area contributed by atoms with Crippen LogP contribution in [0.1, 0.15) is 5.56 Å². The molecule has 2 aromatic carbocycles. The molecule has 0 atom stereocenters. The summed E-state index contributed by atoms with van der Waals surface area (Å²) in [6.45, 7) is 0.930. The van der Waals surface area contributed by atoms with Gasteiger partial charge in [0.25, 0.3) is 0 Å². The average Bonchev–Trinajstić information content (AvgIpc) is 2.66. The number of halogens is 1. The lowest BCUT2D eigenvalue weighted by Crippen LogP contribution is -2.15. The number of ether oxygens (including phenoxy) is 4. The van der Waals surface area contributed by atoms with Crippen LogP contribution in [0.4, 0.5) is 5.69 Å². The number of methoxy groups -OCH3 is 2. The number of nitrogens with one attached hydrogen (secondary N) is 1. The molecule has 136 valence electrons. The van der Waals surface area contributed by atoms with E-state index in [1.165, 1.54) is 13.2 Å². The summed E-state index contributed by atoms with van der Waals surface area (Å²) < 4.78 is 21.4. The molecule has 7 heteroatoms. The number of anilines is 1. The van der Waals surface area contributed by atoms with Gasteiger partial charge in [-0.1, -0.05) is 11.6 Å². The van der Waals surface area contributed by atoms with E-state index in [4.69, 9.17) is 30.5 Å². The summed E-state index contributed by atoms with van der Waals surface area (Å²) in [5.74, 6) is 1.93. The van der Waals surface area contributed by atoms with Crippen LogP contribution in [0.2, 0.25) is 5.02 Å². The number of hydrogen-bond donors (Lipinski definition) is 1. The lowest BCUT2D eigenvalue weighted by Gasteiger charge is -2.19. The van der Waals surface area contributed by atoms with Gasteiger partial charge in [0.1, 0.15) is 24.7 Å². The molecule has 0 aromatic heterocycles. The van der Waals surface area contributed by atoms with E-state index in [-0.39, 0.29) is 5.91 Å². The molecule has 0 bridgehead atoms. The second-order valence-corrected chi connectivity index (χ2v) is 5.82. The summed E-state index contributed by atoms with van der Waals surface area (Å²) in [6.07, 6.45) is 3.05. The molecule has 3 rings (SSSR count). The summed E-state index contributed by atoms with van der Waals surface area (Å²) in [6, 6.07) is 8.65. The van der Waals surface area contributed by atoms with Gasteiger partial charge in [-0.2, -0.15) is 0 Å². The SMILES string of the molecule is COc1ccc(OC)c(NC(=O)/C=C/c2cc(Cl)c3c(c2)OCCO3)c1. The molecule has 26 heavy (non-hydrogen) atoms. The van der Waals surface area contributed by atoms with Gasteiger partial charge in [0.05, 0.1) is 24.9 Å². The molecule has 0 spiro atoms. The molecule has 0 radical (unpaired) electrons. The normalized spacial score (nSPS) is 12.7. The second-order valence-electron chi connectivity index (χ2n) is 5.42. The van der Waals surface area contributed by atoms with Gasteiger partial charge in [-0.3, -0.25) is 4.79 Å². The monoisotopic (exact) mass is 375 g/mol. The lowest BCUT2D eigenvalue weighted by atomic mass is 10.1. The highest BCUT2D eigenvalue weighted by Gasteiger charge is 2.16. The average molecular weight is 376 g/mol. The largest absolute Gasteiger partial charge is 0.497 e. The summed E-state index contributed by atoms with van der Waals surface area (Å²) >= 11 is 6.20. The van der Waals surface area contributed by atoms with Crippen molar-refractivity contribution in [3.63, 3.8) is 0 Å². The maximum Gasteiger partial charge on any atom is 0.248 e. The third-order valence-corrected chi connectivity index (χ3v) is 3.99. The Bertz CT molecular complexity index is 850. The van der Waals surface area contributed by atoms with Crippen LogP contribution in [0.15, 0.2) is 36.4 Å². The Hall–Kier alpha value is -2.86. The first-order valence-corrected chi connectivity index (χ1v) is 8.28. The van der Waals surface area contributed by atoms with Crippen molar-refractivity contribution in [2.24, 2.45) is 0 Å². The smallest absolute Gasteiger partial charge is 0.248 e. The van der Waals surface area contributed by atoms with Crippen LogP contribution in [-0.4, -0.2) is 33.3 Å². The number of hydrogen-bond acceptors (Lipinski definition) is 5.